The van der Waals surface area contributed by atoms with E-state index in [1.54, 1.807) is 11.8 Å². The summed E-state index contributed by atoms with van der Waals surface area (Å²) in [6.45, 7) is 2.34. The van der Waals surface area contributed by atoms with E-state index >= 15 is 0 Å². The molecule has 0 radical (unpaired) electrons. The molecule has 0 aliphatic carbocycles. The molecule has 0 unspecified atom stereocenters. The molecule has 5 rings (SSSR count). The fourth-order valence-corrected chi connectivity index (χ4v) is 3.92. The normalized spacial score (nSPS) is 15.8. The third-order valence-electron chi connectivity index (χ3n) is 5.47. The SMILES string of the molecule is COc1cccc2c(-c3cn(Cc4cccc(COC[C@H]5CCCO5)n4)nn3)nc(N)nc12. The Bertz CT molecular complexity index is 1250. The predicted molar refractivity (Wildman–Crippen MR) is 121 cm³/mol. The van der Waals surface area contributed by atoms with Crippen LogP contribution in [0.15, 0.2) is 42.6 Å². The van der Waals surface area contributed by atoms with Crippen LogP contribution in [0.1, 0.15) is 24.2 Å². The molecule has 0 spiro atoms. The van der Waals surface area contributed by atoms with Gasteiger partial charge in [-0.05, 0) is 31.0 Å². The van der Waals surface area contributed by atoms with Crippen molar-refractivity contribution in [3.05, 3.63) is 54.0 Å². The van der Waals surface area contributed by atoms with Crippen molar-refractivity contribution in [1.29, 1.82) is 0 Å². The number of fused-ring (bicyclic) bond motifs is 1. The molecule has 170 valence electrons. The number of methoxy groups -OCH3 is 1. The quantitative estimate of drug-likeness (QED) is 0.434. The lowest BCUT2D eigenvalue weighted by molar-refractivity contribution is 0.00961. The minimum Gasteiger partial charge on any atom is -0.494 e. The van der Waals surface area contributed by atoms with Crippen molar-refractivity contribution >= 4 is 16.9 Å². The molecule has 1 aliphatic rings. The van der Waals surface area contributed by atoms with Gasteiger partial charge < -0.3 is 19.9 Å². The van der Waals surface area contributed by atoms with Gasteiger partial charge in [0.1, 0.15) is 22.7 Å². The number of nitrogens with two attached hydrogens (primary N) is 1. The average molecular weight is 447 g/mol. The van der Waals surface area contributed by atoms with Crippen molar-refractivity contribution in [2.24, 2.45) is 0 Å². The van der Waals surface area contributed by atoms with Gasteiger partial charge in [-0.3, -0.25) is 4.98 Å². The summed E-state index contributed by atoms with van der Waals surface area (Å²) in [5, 5.41) is 9.35. The highest BCUT2D eigenvalue weighted by Gasteiger charge is 2.16. The van der Waals surface area contributed by atoms with Crippen LogP contribution in [0, 0.1) is 0 Å². The summed E-state index contributed by atoms with van der Waals surface area (Å²) in [6, 6.07) is 11.5. The van der Waals surface area contributed by atoms with Crippen LogP contribution in [0.5, 0.6) is 5.75 Å². The molecule has 10 nitrogen and oxygen atoms in total. The molecule has 0 amide bonds. The molecule has 1 atom stereocenters. The van der Waals surface area contributed by atoms with Crippen LogP contribution >= 0.6 is 0 Å². The Kier molecular flexibility index (Phi) is 6.09. The molecule has 1 saturated heterocycles. The van der Waals surface area contributed by atoms with Crippen molar-refractivity contribution < 1.29 is 14.2 Å². The minimum atomic E-state index is 0.147. The molecule has 33 heavy (non-hydrogen) atoms. The van der Waals surface area contributed by atoms with Crippen LogP contribution in [-0.2, 0) is 22.6 Å². The third-order valence-corrected chi connectivity index (χ3v) is 5.47. The van der Waals surface area contributed by atoms with E-state index in [0.717, 1.165) is 36.2 Å². The maximum Gasteiger partial charge on any atom is 0.221 e. The van der Waals surface area contributed by atoms with Gasteiger partial charge in [0.2, 0.25) is 5.95 Å². The first-order valence-electron chi connectivity index (χ1n) is 10.8. The van der Waals surface area contributed by atoms with Crippen LogP contribution in [-0.4, -0.2) is 56.4 Å². The molecule has 4 heterocycles. The largest absolute Gasteiger partial charge is 0.494 e. The smallest absolute Gasteiger partial charge is 0.221 e. The van der Waals surface area contributed by atoms with Gasteiger partial charge in [-0.1, -0.05) is 23.4 Å². The number of anilines is 1. The Morgan fingerprint density at radius 3 is 2.85 bits per heavy atom. The van der Waals surface area contributed by atoms with Crippen LogP contribution in [0.2, 0.25) is 0 Å². The molecule has 3 aromatic heterocycles. The van der Waals surface area contributed by atoms with Gasteiger partial charge in [-0.2, -0.15) is 0 Å². The lowest BCUT2D eigenvalue weighted by Gasteiger charge is -2.10. The topological polar surface area (TPSA) is 123 Å². The molecule has 0 bridgehead atoms. The van der Waals surface area contributed by atoms with Gasteiger partial charge in [0, 0.05) is 12.0 Å². The monoisotopic (exact) mass is 447 g/mol. The summed E-state index contributed by atoms with van der Waals surface area (Å²) in [5.74, 6) is 0.770. The lowest BCUT2D eigenvalue weighted by atomic mass is 10.1. The third kappa shape index (κ3) is 4.76. The summed E-state index contributed by atoms with van der Waals surface area (Å²) in [4.78, 5) is 13.4. The summed E-state index contributed by atoms with van der Waals surface area (Å²) < 4.78 is 18.5. The van der Waals surface area contributed by atoms with E-state index in [0.29, 0.717) is 42.4 Å². The standard InChI is InChI=1S/C23H25N7O3/c1-31-20-9-3-8-18-21(26-23(24)27-22(18)20)19-12-30(29-28-19)11-15-5-2-6-16(25-15)13-32-14-17-7-4-10-33-17/h2-3,5-6,8-9,12,17H,4,7,10-11,13-14H2,1H3,(H2,24,26,27)/t17-/m1/s1. The van der Waals surface area contributed by atoms with E-state index < -0.39 is 0 Å². The zero-order chi connectivity index (χ0) is 22.6. The van der Waals surface area contributed by atoms with E-state index in [-0.39, 0.29) is 12.1 Å². The fraction of sp³-hybridized carbons (Fsp3) is 0.348. The first kappa shape index (κ1) is 21.2. The molecule has 1 fully saturated rings. The Morgan fingerprint density at radius 1 is 1.12 bits per heavy atom. The van der Waals surface area contributed by atoms with Crippen LogP contribution < -0.4 is 10.5 Å². The van der Waals surface area contributed by atoms with E-state index in [1.165, 1.54) is 0 Å². The number of para-hydroxylation sites is 1. The van der Waals surface area contributed by atoms with E-state index in [1.807, 2.05) is 42.6 Å². The Morgan fingerprint density at radius 2 is 2.00 bits per heavy atom. The van der Waals surface area contributed by atoms with Crippen LogP contribution in [0.25, 0.3) is 22.3 Å². The van der Waals surface area contributed by atoms with E-state index in [2.05, 4.69) is 25.3 Å². The number of nitrogen functional groups attached to an aromatic ring is 1. The Balaban J connectivity index is 1.32. The average Bonchev–Trinajstić information content (AvgIpc) is 3.51. The molecular formula is C23H25N7O3. The van der Waals surface area contributed by atoms with Gasteiger partial charge in [0.15, 0.2) is 0 Å². The van der Waals surface area contributed by atoms with Crippen molar-refractivity contribution in [2.75, 3.05) is 26.1 Å². The molecule has 1 aliphatic heterocycles. The predicted octanol–water partition coefficient (Wildman–Crippen LogP) is 2.62. The maximum absolute atomic E-state index is 5.95. The van der Waals surface area contributed by atoms with E-state index in [4.69, 9.17) is 19.9 Å². The number of aromatic nitrogens is 6. The van der Waals surface area contributed by atoms with Gasteiger partial charge in [0.25, 0.3) is 0 Å². The van der Waals surface area contributed by atoms with Crippen LogP contribution in [0.3, 0.4) is 0 Å². The molecule has 4 aromatic rings. The number of hydrogen-bond acceptors (Lipinski definition) is 9. The summed E-state index contributed by atoms with van der Waals surface area (Å²) in [5.41, 5.74) is 9.51. The lowest BCUT2D eigenvalue weighted by Crippen LogP contribution is -2.14. The molecule has 2 N–H and O–H groups in total. The second-order valence-corrected chi connectivity index (χ2v) is 7.86. The Hall–Kier alpha value is -3.63. The van der Waals surface area contributed by atoms with Crippen molar-refractivity contribution in [3.63, 3.8) is 0 Å². The Labute approximate surface area is 190 Å². The number of rotatable bonds is 8. The highest BCUT2D eigenvalue weighted by molar-refractivity contribution is 5.95. The summed E-state index contributed by atoms with van der Waals surface area (Å²) >= 11 is 0. The summed E-state index contributed by atoms with van der Waals surface area (Å²) in [7, 11) is 1.59. The first-order chi connectivity index (χ1) is 16.2. The molecule has 0 saturated carbocycles. The zero-order valence-corrected chi connectivity index (χ0v) is 18.3. The van der Waals surface area contributed by atoms with E-state index in [9.17, 15) is 0 Å². The molecular weight excluding hydrogens is 422 g/mol. The number of hydrogen-bond donors (Lipinski definition) is 1. The number of pyridine rings is 1. The van der Waals surface area contributed by atoms with Gasteiger partial charge >= 0.3 is 0 Å². The fourth-order valence-electron chi connectivity index (χ4n) is 3.92. The zero-order valence-electron chi connectivity index (χ0n) is 18.3. The highest BCUT2D eigenvalue weighted by Crippen LogP contribution is 2.30. The number of nitrogens with zero attached hydrogens (tertiary/aromatic N) is 6. The molecule has 10 heteroatoms. The summed E-state index contributed by atoms with van der Waals surface area (Å²) in [6.07, 6.45) is 4.19. The number of benzene rings is 1. The second-order valence-electron chi connectivity index (χ2n) is 7.86. The molecule has 1 aromatic carbocycles. The first-order valence-corrected chi connectivity index (χ1v) is 10.8. The van der Waals surface area contributed by atoms with Gasteiger partial charge in [0.05, 0.1) is 50.6 Å². The van der Waals surface area contributed by atoms with Gasteiger partial charge in [-0.15, -0.1) is 5.10 Å². The van der Waals surface area contributed by atoms with Crippen molar-refractivity contribution in [2.45, 2.75) is 32.1 Å². The van der Waals surface area contributed by atoms with Crippen molar-refractivity contribution in [3.8, 4) is 17.1 Å². The van der Waals surface area contributed by atoms with Crippen molar-refractivity contribution in [1.82, 2.24) is 29.9 Å². The number of ether oxygens (including phenoxy) is 3. The van der Waals surface area contributed by atoms with Gasteiger partial charge in [-0.25, -0.2) is 14.6 Å². The highest BCUT2D eigenvalue weighted by atomic mass is 16.5. The maximum atomic E-state index is 5.95. The van der Waals surface area contributed by atoms with Crippen LogP contribution in [0.4, 0.5) is 5.95 Å². The second kappa shape index (κ2) is 9.47. The minimum absolute atomic E-state index is 0.147.